The highest BCUT2D eigenvalue weighted by atomic mass is 16.6. The zero-order valence-electron chi connectivity index (χ0n) is 13.0. The number of nitrogens with zero attached hydrogens (tertiary/aromatic N) is 2. The van der Waals surface area contributed by atoms with Crippen molar-refractivity contribution in [3.8, 4) is 5.75 Å². The SMILES string of the molecule is O=C(O)N(CCCc1ccc(O)cc1)C(=O)OCc1ccncc1. The first-order chi connectivity index (χ1) is 11.6. The van der Waals surface area contributed by atoms with Gasteiger partial charge >= 0.3 is 12.2 Å². The first kappa shape index (κ1) is 17.3. The van der Waals surface area contributed by atoms with Gasteiger partial charge in [-0.15, -0.1) is 0 Å². The molecule has 0 aliphatic carbocycles. The number of phenolic OH excluding ortho intramolecular Hbond substituents is 1. The van der Waals surface area contributed by atoms with Gasteiger partial charge in [-0.25, -0.2) is 14.5 Å². The van der Waals surface area contributed by atoms with Crippen molar-refractivity contribution in [2.45, 2.75) is 19.4 Å². The van der Waals surface area contributed by atoms with Crippen molar-refractivity contribution in [2.75, 3.05) is 6.54 Å². The Balaban J connectivity index is 1.83. The molecule has 7 heteroatoms. The standard InChI is InChI=1S/C17H18N2O5/c20-15-5-3-13(4-6-15)2-1-11-19(16(21)22)17(23)24-12-14-7-9-18-10-8-14/h3-10,20H,1-2,11-12H2,(H,21,22). The van der Waals surface area contributed by atoms with E-state index in [2.05, 4.69) is 4.98 Å². The molecule has 0 spiro atoms. The van der Waals surface area contributed by atoms with Crippen LogP contribution in [-0.4, -0.2) is 38.8 Å². The minimum atomic E-state index is -1.35. The molecule has 2 rings (SSSR count). The summed E-state index contributed by atoms with van der Waals surface area (Å²) in [6, 6.07) is 10.00. The van der Waals surface area contributed by atoms with Crippen molar-refractivity contribution in [2.24, 2.45) is 0 Å². The number of hydrogen-bond donors (Lipinski definition) is 2. The van der Waals surface area contributed by atoms with E-state index in [-0.39, 0.29) is 18.9 Å². The minimum absolute atomic E-state index is 0.0108. The molecule has 2 aromatic rings. The number of benzene rings is 1. The van der Waals surface area contributed by atoms with Crippen molar-refractivity contribution in [1.82, 2.24) is 9.88 Å². The second kappa shape index (κ2) is 8.52. The minimum Gasteiger partial charge on any atom is -0.508 e. The van der Waals surface area contributed by atoms with E-state index < -0.39 is 12.2 Å². The Bertz CT molecular complexity index is 673. The summed E-state index contributed by atoms with van der Waals surface area (Å²) in [5.74, 6) is 0.172. The Morgan fingerprint density at radius 1 is 1.04 bits per heavy atom. The average molecular weight is 330 g/mol. The highest BCUT2D eigenvalue weighted by Gasteiger charge is 2.21. The predicted octanol–water partition coefficient (Wildman–Crippen LogP) is 3.04. The number of ether oxygens (including phenoxy) is 1. The molecular weight excluding hydrogens is 312 g/mol. The van der Waals surface area contributed by atoms with Crippen LogP contribution in [0, 0.1) is 0 Å². The molecule has 0 atom stereocenters. The number of imide groups is 1. The van der Waals surface area contributed by atoms with Crippen LogP contribution in [0.25, 0.3) is 0 Å². The number of phenols is 1. The fourth-order valence-corrected chi connectivity index (χ4v) is 2.07. The van der Waals surface area contributed by atoms with Gasteiger partial charge in [0.25, 0.3) is 0 Å². The zero-order chi connectivity index (χ0) is 17.4. The molecule has 0 aliphatic rings. The van der Waals surface area contributed by atoms with Gasteiger partial charge in [0.2, 0.25) is 0 Å². The predicted molar refractivity (Wildman–Crippen MR) is 85.6 cm³/mol. The zero-order valence-corrected chi connectivity index (χ0v) is 13.0. The topological polar surface area (TPSA) is 100.0 Å². The molecule has 2 N–H and O–H groups in total. The number of rotatable bonds is 6. The second-order valence-electron chi connectivity index (χ2n) is 5.11. The Morgan fingerprint density at radius 3 is 2.33 bits per heavy atom. The number of pyridine rings is 1. The molecule has 126 valence electrons. The number of aromatic hydroxyl groups is 1. The summed E-state index contributed by atoms with van der Waals surface area (Å²) in [5.41, 5.74) is 1.68. The van der Waals surface area contributed by atoms with Gasteiger partial charge in [-0.1, -0.05) is 12.1 Å². The van der Waals surface area contributed by atoms with Crippen molar-refractivity contribution in [1.29, 1.82) is 0 Å². The summed E-state index contributed by atoms with van der Waals surface area (Å²) in [7, 11) is 0. The van der Waals surface area contributed by atoms with E-state index in [1.807, 2.05) is 0 Å². The van der Waals surface area contributed by atoms with Crippen LogP contribution >= 0.6 is 0 Å². The maximum atomic E-state index is 11.9. The highest BCUT2D eigenvalue weighted by molar-refractivity contribution is 5.86. The first-order valence-electron chi connectivity index (χ1n) is 7.40. The number of hydrogen-bond acceptors (Lipinski definition) is 5. The third-order valence-electron chi connectivity index (χ3n) is 3.35. The van der Waals surface area contributed by atoms with Crippen molar-refractivity contribution < 1.29 is 24.5 Å². The van der Waals surface area contributed by atoms with Gasteiger partial charge in [-0.3, -0.25) is 4.98 Å². The molecule has 0 saturated heterocycles. The molecule has 0 bridgehead atoms. The molecule has 0 unspecified atom stereocenters. The van der Waals surface area contributed by atoms with Crippen molar-refractivity contribution in [3.63, 3.8) is 0 Å². The summed E-state index contributed by atoms with van der Waals surface area (Å²) in [4.78, 5) is 27.6. The van der Waals surface area contributed by atoms with Crippen LogP contribution in [-0.2, 0) is 17.8 Å². The van der Waals surface area contributed by atoms with Crippen LogP contribution < -0.4 is 0 Å². The van der Waals surface area contributed by atoms with Gasteiger partial charge in [0.05, 0.1) is 0 Å². The van der Waals surface area contributed by atoms with Gasteiger partial charge < -0.3 is 14.9 Å². The number of carboxylic acid groups (broad SMARTS) is 1. The summed E-state index contributed by atoms with van der Waals surface area (Å²) < 4.78 is 5.02. The molecule has 0 fully saturated rings. The second-order valence-corrected chi connectivity index (χ2v) is 5.11. The van der Waals surface area contributed by atoms with Crippen LogP contribution in [0.1, 0.15) is 17.5 Å². The smallest absolute Gasteiger partial charge is 0.419 e. The Hall–Kier alpha value is -3.09. The van der Waals surface area contributed by atoms with Crippen molar-refractivity contribution in [3.05, 3.63) is 59.9 Å². The number of aromatic nitrogens is 1. The number of amides is 2. The quantitative estimate of drug-likeness (QED) is 0.844. The molecule has 1 aromatic carbocycles. The summed E-state index contributed by atoms with van der Waals surface area (Å²) >= 11 is 0. The summed E-state index contributed by atoms with van der Waals surface area (Å²) in [5, 5.41) is 18.4. The average Bonchev–Trinajstić information content (AvgIpc) is 2.59. The van der Waals surface area contributed by atoms with E-state index in [0.29, 0.717) is 17.7 Å². The largest absolute Gasteiger partial charge is 0.508 e. The molecule has 1 aromatic heterocycles. The van der Waals surface area contributed by atoms with Gasteiger partial charge in [0, 0.05) is 18.9 Å². The fourth-order valence-electron chi connectivity index (χ4n) is 2.07. The van der Waals surface area contributed by atoms with Crippen LogP contribution in [0.5, 0.6) is 5.75 Å². The molecule has 24 heavy (non-hydrogen) atoms. The number of aryl methyl sites for hydroxylation is 1. The lowest BCUT2D eigenvalue weighted by molar-refractivity contribution is 0.0893. The monoisotopic (exact) mass is 330 g/mol. The Morgan fingerprint density at radius 2 is 1.71 bits per heavy atom. The molecule has 0 aliphatic heterocycles. The summed E-state index contributed by atoms with van der Waals surface area (Å²) in [6.07, 6.45) is 1.93. The van der Waals surface area contributed by atoms with Crippen LogP contribution in [0.3, 0.4) is 0 Å². The molecule has 0 saturated carbocycles. The van der Waals surface area contributed by atoms with Gasteiger partial charge in [-0.05, 0) is 48.2 Å². The summed E-state index contributed by atoms with van der Waals surface area (Å²) in [6.45, 7) is 0.0223. The maximum Gasteiger partial charge on any atom is 0.419 e. The van der Waals surface area contributed by atoms with E-state index in [9.17, 15) is 14.7 Å². The van der Waals surface area contributed by atoms with Gasteiger partial charge in [0.15, 0.2) is 0 Å². The third kappa shape index (κ3) is 5.28. The van der Waals surface area contributed by atoms with E-state index in [1.54, 1.807) is 48.8 Å². The maximum absolute atomic E-state index is 11.9. The molecule has 2 amide bonds. The van der Waals surface area contributed by atoms with Crippen LogP contribution in [0.2, 0.25) is 0 Å². The number of carbonyl (C=O) groups excluding carboxylic acids is 1. The van der Waals surface area contributed by atoms with E-state index >= 15 is 0 Å². The first-order valence-corrected chi connectivity index (χ1v) is 7.40. The lowest BCUT2D eigenvalue weighted by Crippen LogP contribution is -2.37. The van der Waals surface area contributed by atoms with Crippen molar-refractivity contribution >= 4 is 12.2 Å². The molecule has 7 nitrogen and oxygen atoms in total. The molecule has 1 heterocycles. The number of carbonyl (C=O) groups is 2. The fraction of sp³-hybridized carbons (Fsp3) is 0.235. The van der Waals surface area contributed by atoms with Crippen LogP contribution in [0.4, 0.5) is 9.59 Å². The van der Waals surface area contributed by atoms with Gasteiger partial charge in [0.1, 0.15) is 12.4 Å². The third-order valence-corrected chi connectivity index (χ3v) is 3.35. The lowest BCUT2D eigenvalue weighted by atomic mass is 10.1. The highest BCUT2D eigenvalue weighted by Crippen LogP contribution is 2.12. The van der Waals surface area contributed by atoms with E-state index in [1.165, 1.54) is 0 Å². The Kier molecular flexibility index (Phi) is 6.13. The van der Waals surface area contributed by atoms with Crippen LogP contribution in [0.15, 0.2) is 48.8 Å². The molecular formula is C17H18N2O5. The molecule has 0 radical (unpaired) electrons. The lowest BCUT2D eigenvalue weighted by Gasteiger charge is -2.17. The van der Waals surface area contributed by atoms with E-state index in [0.717, 1.165) is 11.1 Å². The van der Waals surface area contributed by atoms with Gasteiger partial charge in [-0.2, -0.15) is 0 Å². The normalized spacial score (nSPS) is 10.2. The van der Waals surface area contributed by atoms with E-state index in [4.69, 9.17) is 9.84 Å². The Labute approximate surface area is 139 Å².